The molecule has 0 saturated carbocycles. The summed E-state index contributed by atoms with van der Waals surface area (Å²) in [5.41, 5.74) is 0. The van der Waals surface area contributed by atoms with Gasteiger partial charge >= 0.3 is 39.5 Å². The summed E-state index contributed by atoms with van der Waals surface area (Å²) in [6, 6.07) is 0. The van der Waals surface area contributed by atoms with Crippen molar-refractivity contribution < 1.29 is 80.2 Å². The van der Waals surface area contributed by atoms with E-state index in [-0.39, 0.29) is 25.7 Å². The fourth-order valence-corrected chi connectivity index (χ4v) is 11.0. The number of aliphatic hydroxyl groups is 1. The minimum absolute atomic E-state index is 0.0752. The van der Waals surface area contributed by atoms with Crippen LogP contribution in [0.25, 0.3) is 0 Å². The van der Waals surface area contributed by atoms with Crippen molar-refractivity contribution in [1.29, 1.82) is 0 Å². The summed E-state index contributed by atoms with van der Waals surface area (Å²) in [7, 11) is -9.96. The molecule has 0 heterocycles. The van der Waals surface area contributed by atoms with E-state index in [1.807, 2.05) is 0 Å². The Hall–Kier alpha value is -4.02. The zero-order chi connectivity index (χ0) is 69.0. The van der Waals surface area contributed by atoms with Gasteiger partial charge in [-0.15, -0.1) is 0 Å². The van der Waals surface area contributed by atoms with E-state index in [0.717, 1.165) is 167 Å². The molecular formula is C75H130O17P2. The van der Waals surface area contributed by atoms with Gasteiger partial charge in [0.05, 0.1) is 26.4 Å². The van der Waals surface area contributed by atoms with Crippen molar-refractivity contribution in [3.63, 3.8) is 0 Å². The molecule has 19 heteroatoms. The maximum absolute atomic E-state index is 13.0. The third-order valence-corrected chi connectivity index (χ3v) is 16.9. The number of unbranched alkanes of at least 4 members (excludes halogenated alkanes) is 26. The van der Waals surface area contributed by atoms with Gasteiger partial charge in [-0.25, -0.2) is 9.13 Å². The molecule has 0 spiro atoms. The first-order valence-electron chi connectivity index (χ1n) is 36.5. The van der Waals surface area contributed by atoms with Crippen molar-refractivity contribution in [1.82, 2.24) is 0 Å². The molecule has 17 nitrogen and oxygen atoms in total. The first-order chi connectivity index (χ1) is 45.7. The molecule has 5 unspecified atom stereocenters. The van der Waals surface area contributed by atoms with E-state index in [0.29, 0.717) is 25.7 Å². The van der Waals surface area contributed by atoms with Crippen LogP contribution in [0.15, 0.2) is 97.2 Å². The van der Waals surface area contributed by atoms with E-state index in [1.54, 1.807) is 0 Å². The Bertz CT molecular complexity index is 2170. The van der Waals surface area contributed by atoms with Crippen molar-refractivity contribution >= 4 is 39.5 Å². The molecular weight excluding hydrogens is 1230 g/mol. The van der Waals surface area contributed by atoms with Crippen LogP contribution in [-0.2, 0) is 65.4 Å². The Labute approximate surface area is 569 Å². The minimum Gasteiger partial charge on any atom is -0.462 e. The van der Waals surface area contributed by atoms with E-state index >= 15 is 0 Å². The molecule has 0 aliphatic rings. The minimum atomic E-state index is -4.98. The molecule has 0 radical (unpaired) electrons. The zero-order valence-electron chi connectivity index (χ0n) is 58.9. The number of allylic oxidation sites excluding steroid dienone is 16. The molecule has 0 fully saturated rings. The fraction of sp³-hybridized carbons (Fsp3) is 0.733. The van der Waals surface area contributed by atoms with Gasteiger partial charge in [-0.1, -0.05) is 228 Å². The van der Waals surface area contributed by atoms with Gasteiger partial charge in [-0.3, -0.25) is 37.3 Å². The van der Waals surface area contributed by atoms with Crippen molar-refractivity contribution in [3.05, 3.63) is 97.2 Å². The lowest BCUT2D eigenvalue weighted by Crippen LogP contribution is -2.30. The van der Waals surface area contributed by atoms with Gasteiger partial charge in [0.1, 0.15) is 19.3 Å². The quantitative estimate of drug-likeness (QED) is 0.0169. The van der Waals surface area contributed by atoms with Gasteiger partial charge in [-0.05, 0) is 141 Å². The smallest absolute Gasteiger partial charge is 0.462 e. The van der Waals surface area contributed by atoms with Gasteiger partial charge < -0.3 is 33.8 Å². The number of hydrogen-bond acceptors (Lipinski definition) is 15. The van der Waals surface area contributed by atoms with Gasteiger partial charge in [-0.2, -0.15) is 0 Å². The van der Waals surface area contributed by atoms with Crippen molar-refractivity contribution in [3.8, 4) is 0 Å². The molecule has 542 valence electrons. The van der Waals surface area contributed by atoms with E-state index in [1.165, 1.54) is 51.4 Å². The largest absolute Gasteiger partial charge is 0.472 e. The molecule has 0 bridgehead atoms. The second-order valence-corrected chi connectivity index (χ2v) is 27.0. The maximum atomic E-state index is 13.0. The summed E-state index contributed by atoms with van der Waals surface area (Å²) < 4.78 is 68.3. The Morgan fingerprint density at radius 1 is 0.309 bits per heavy atom. The summed E-state index contributed by atoms with van der Waals surface area (Å²) in [6.07, 6.45) is 68.4. The number of aliphatic hydroxyl groups excluding tert-OH is 1. The molecule has 0 aromatic heterocycles. The number of esters is 4. The normalized spacial score (nSPS) is 14.6. The van der Waals surface area contributed by atoms with Crippen LogP contribution >= 0.6 is 15.6 Å². The first-order valence-corrected chi connectivity index (χ1v) is 39.5. The van der Waals surface area contributed by atoms with Gasteiger partial charge in [0.15, 0.2) is 12.2 Å². The fourth-order valence-electron chi connectivity index (χ4n) is 9.41. The molecule has 3 N–H and O–H groups in total. The van der Waals surface area contributed by atoms with Gasteiger partial charge in [0, 0.05) is 25.7 Å². The van der Waals surface area contributed by atoms with Crippen LogP contribution in [0.4, 0.5) is 0 Å². The first kappa shape index (κ1) is 90.0. The van der Waals surface area contributed by atoms with E-state index in [2.05, 4.69) is 125 Å². The van der Waals surface area contributed by atoms with Crippen molar-refractivity contribution in [2.45, 2.75) is 316 Å². The summed E-state index contributed by atoms with van der Waals surface area (Å²) in [5.74, 6) is -2.25. The number of ether oxygens (including phenoxy) is 4. The number of hydrogen-bond donors (Lipinski definition) is 3. The molecule has 0 aliphatic carbocycles. The Morgan fingerprint density at radius 2 is 0.574 bits per heavy atom. The lowest BCUT2D eigenvalue weighted by molar-refractivity contribution is -0.161. The van der Waals surface area contributed by atoms with E-state index in [4.69, 9.17) is 37.0 Å². The number of phosphoric ester groups is 2. The average Bonchev–Trinajstić information content (AvgIpc) is 1.67. The second kappa shape index (κ2) is 67.5. The van der Waals surface area contributed by atoms with E-state index in [9.17, 15) is 43.2 Å². The van der Waals surface area contributed by atoms with Crippen molar-refractivity contribution in [2.24, 2.45) is 0 Å². The molecule has 0 aliphatic heterocycles. The third kappa shape index (κ3) is 66.6. The number of carbonyl (C=O) groups is 4. The lowest BCUT2D eigenvalue weighted by atomic mass is 10.1. The predicted octanol–water partition coefficient (Wildman–Crippen LogP) is 20.4. The molecule has 0 aromatic carbocycles. The van der Waals surface area contributed by atoms with Crippen molar-refractivity contribution in [2.75, 3.05) is 39.6 Å². The molecule has 0 amide bonds. The van der Waals surface area contributed by atoms with Crippen LogP contribution < -0.4 is 0 Å². The van der Waals surface area contributed by atoms with Crippen LogP contribution in [0, 0.1) is 0 Å². The summed E-state index contributed by atoms with van der Waals surface area (Å²) >= 11 is 0. The van der Waals surface area contributed by atoms with Crippen LogP contribution in [-0.4, -0.2) is 96.7 Å². The highest BCUT2D eigenvalue weighted by Crippen LogP contribution is 2.45. The average molecular weight is 1370 g/mol. The van der Waals surface area contributed by atoms with Gasteiger partial charge in [0.2, 0.25) is 0 Å². The van der Waals surface area contributed by atoms with Gasteiger partial charge in [0.25, 0.3) is 0 Å². The van der Waals surface area contributed by atoms with E-state index < -0.39 is 97.5 Å². The maximum Gasteiger partial charge on any atom is 0.472 e. The molecule has 94 heavy (non-hydrogen) atoms. The predicted molar refractivity (Wildman–Crippen MR) is 381 cm³/mol. The Kier molecular flexibility index (Phi) is 64.7. The zero-order valence-corrected chi connectivity index (χ0v) is 60.7. The topological polar surface area (TPSA) is 237 Å². The number of carbonyl (C=O) groups excluding carboxylic acids is 4. The second-order valence-electron chi connectivity index (χ2n) is 24.1. The monoisotopic (exact) mass is 1360 g/mol. The summed E-state index contributed by atoms with van der Waals surface area (Å²) in [4.78, 5) is 72.6. The SMILES string of the molecule is CC/C=C\C/C=C\C/C=C\C/C=C\CCCCC(=O)OCC(COP(=O)(O)OCC(O)COP(=O)(O)OCC(COC(=O)CCCCCCC/C=C\C/C=C\CCC)OC(=O)CCCCCCC/C=C\CCCCCC)OC(=O)CCCCCCC/C=C\CCCCCC. The molecule has 5 atom stereocenters. The molecule has 0 saturated heterocycles. The highest BCUT2D eigenvalue weighted by Gasteiger charge is 2.30. The van der Waals surface area contributed by atoms with Crippen LogP contribution in [0.3, 0.4) is 0 Å². The highest BCUT2D eigenvalue weighted by atomic mass is 31.2. The Balaban J connectivity index is 5.38. The Morgan fingerprint density at radius 3 is 0.926 bits per heavy atom. The highest BCUT2D eigenvalue weighted by molar-refractivity contribution is 7.47. The third-order valence-electron chi connectivity index (χ3n) is 15.0. The number of rotatable bonds is 68. The molecule has 0 rings (SSSR count). The standard InChI is InChI=1S/C75H130O17P2/c1-5-9-13-17-21-25-29-33-34-38-40-44-48-52-56-60-73(78)86-66-71(92-75(80)62-58-54-50-46-42-37-32-28-24-20-16-12-8-4)68-90-94(83,84)88-64-69(76)63-87-93(81,82)89-67-70(91-74(79)61-57-53-49-45-41-36-31-27-23-19-15-11-7-3)65-85-72(77)59-55-51-47-43-39-35-30-26-22-18-14-10-6-2/h9,13-14,18,21,25-28,30-34,40,44,69-71,76H,5-8,10-12,15-17,19-20,22-24,29,35-39,41-43,45-68H2,1-4H3,(H,81,82)(H,83,84)/b13-9-,18-14-,25-21-,30-26-,31-27-,32-28-,34-33-,44-40-. The lowest BCUT2D eigenvalue weighted by Gasteiger charge is -2.21. The van der Waals surface area contributed by atoms with Crippen LogP contribution in [0.2, 0.25) is 0 Å². The number of phosphoric acid groups is 2. The molecule has 0 aromatic rings. The van der Waals surface area contributed by atoms with Crippen LogP contribution in [0.1, 0.15) is 297 Å². The summed E-state index contributed by atoms with van der Waals surface area (Å²) in [5, 5.41) is 10.6. The summed E-state index contributed by atoms with van der Waals surface area (Å²) in [6.45, 7) is 4.58. The van der Waals surface area contributed by atoms with Crippen LogP contribution in [0.5, 0.6) is 0 Å².